The van der Waals surface area contributed by atoms with Crippen molar-refractivity contribution in [3.05, 3.63) is 64.1 Å². The first kappa shape index (κ1) is 20.4. The van der Waals surface area contributed by atoms with Gasteiger partial charge in [-0.1, -0.05) is 40.2 Å². The van der Waals surface area contributed by atoms with Crippen LogP contribution >= 0.6 is 15.9 Å². The third kappa shape index (κ3) is 5.06. The van der Waals surface area contributed by atoms with E-state index in [9.17, 15) is 21.6 Å². The molecule has 2 aromatic carbocycles. The molecule has 0 aromatic heterocycles. The minimum Gasteiger partial charge on any atom is -0.207 e. The summed E-state index contributed by atoms with van der Waals surface area (Å²) in [4.78, 5) is -0.843. The number of alkyl halides is 3. The number of sulfonamides is 1. The van der Waals surface area contributed by atoms with Crippen molar-refractivity contribution in [3.8, 4) is 6.07 Å². The molecule has 1 N–H and O–H groups in total. The van der Waals surface area contributed by atoms with Crippen LogP contribution in [0.25, 0.3) is 0 Å². The molecule has 0 heterocycles. The Balaban J connectivity index is 2.43. The van der Waals surface area contributed by atoms with E-state index >= 15 is 0 Å². The van der Waals surface area contributed by atoms with E-state index < -0.39 is 32.7 Å². The predicted octanol–water partition coefficient (Wildman–Crippen LogP) is 4.79. The third-order valence-corrected chi connectivity index (χ3v) is 5.60. The van der Waals surface area contributed by atoms with Crippen molar-refractivity contribution in [3.63, 3.8) is 0 Å². The highest BCUT2D eigenvalue weighted by atomic mass is 79.9. The average Bonchev–Trinajstić information content (AvgIpc) is 2.58. The van der Waals surface area contributed by atoms with E-state index in [1.54, 1.807) is 24.3 Å². The lowest BCUT2D eigenvalue weighted by Gasteiger charge is -2.20. The van der Waals surface area contributed by atoms with Gasteiger partial charge in [0.05, 0.1) is 16.5 Å². The number of nitrogens with one attached hydrogen (secondary N) is 1. The summed E-state index contributed by atoms with van der Waals surface area (Å²) in [6, 6.07) is 11.8. The molecule has 2 aromatic rings. The maximum Gasteiger partial charge on any atom is 0.417 e. The Hall–Kier alpha value is -1.89. The number of hydrogen-bond acceptors (Lipinski definition) is 3. The maximum absolute atomic E-state index is 13.2. The summed E-state index contributed by atoms with van der Waals surface area (Å²) in [5.41, 5.74) is -0.691. The molecule has 0 bridgehead atoms. The Morgan fingerprint density at radius 3 is 2.46 bits per heavy atom. The Bertz CT molecular complexity index is 924. The molecule has 2 rings (SSSR count). The van der Waals surface area contributed by atoms with Gasteiger partial charge in [-0.15, -0.1) is 0 Å². The van der Waals surface area contributed by atoms with Gasteiger partial charge in [0.25, 0.3) is 0 Å². The zero-order chi connectivity index (χ0) is 19.4. The molecule has 0 aliphatic carbocycles. The van der Waals surface area contributed by atoms with Crippen molar-refractivity contribution in [2.75, 3.05) is 0 Å². The van der Waals surface area contributed by atoms with Gasteiger partial charge in [-0.3, -0.25) is 0 Å². The van der Waals surface area contributed by atoms with E-state index in [-0.39, 0.29) is 12.8 Å². The molecule has 138 valence electrons. The van der Waals surface area contributed by atoms with E-state index in [1.807, 2.05) is 6.07 Å². The minimum atomic E-state index is -4.80. The van der Waals surface area contributed by atoms with Gasteiger partial charge in [-0.25, -0.2) is 13.1 Å². The highest BCUT2D eigenvalue weighted by Crippen LogP contribution is 2.34. The number of hydrogen-bond donors (Lipinski definition) is 1. The van der Waals surface area contributed by atoms with Crippen LogP contribution < -0.4 is 4.72 Å². The molecule has 0 saturated carbocycles. The van der Waals surface area contributed by atoms with Gasteiger partial charge in [0.1, 0.15) is 0 Å². The van der Waals surface area contributed by atoms with Crippen LogP contribution in [0.3, 0.4) is 0 Å². The number of halogens is 4. The summed E-state index contributed by atoms with van der Waals surface area (Å²) < 4.78 is 67.7. The van der Waals surface area contributed by atoms with Crippen LogP contribution in [0.15, 0.2) is 57.9 Å². The van der Waals surface area contributed by atoms with E-state index in [4.69, 9.17) is 5.26 Å². The lowest BCUT2D eigenvalue weighted by atomic mass is 10.0. The van der Waals surface area contributed by atoms with Crippen molar-refractivity contribution in [2.45, 2.75) is 30.0 Å². The van der Waals surface area contributed by atoms with Gasteiger partial charge in [-0.05, 0) is 36.2 Å². The van der Waals surface area contributed by atoms with Gasteiger partial charge >= 0.3 is 6.18 Å². The molecule has 26 heavy (non-hydrogen) atoms. The van der Waals surface area contributed by atoms with Crippen LogP contribution in [0.4, 0.5) is 13.2 Å². The summed E-state index contributed by atoms with van der Waals surface area (Å²) in [5.74, 6) is 0. The molecule has 1 atom stereocenters. The van der Waals surface area contributed by atoms with E-state index in [1.165, 1.54) is 6.07 Å². The zero-order valence-corrected chi connectivity index (χ0v) is 15.7. The van der Waals surface area contributed by atoms with Crippen LogP contribution in [0.2, 0.25) is 0 Å². The smallest absolute Gasteiger partial charge is 0.207 e. The summed E-state index contributed by atoms with van der Waals surface area (Å²) in [5, 5.41) is 8.80. The Kier molecular flexibility index (Phi) is 6.44. The van der Waals surface area contributed by atoms with Crippen LogP contribution in [0.5, 0.6) is 0 Å². The second kappa shape index (κ2) is 8.20. The van der Waals surface area contributed by atoms with Crippen molar-refractivity contribution < 1.29 is 21.6 Å². The summed E-state index contributed by atoms with van der Waals surface area (Å²) in [7, 11) is -4.46. The highest BCUT2D eigenvalue weighted by Gasteiger charge is 2.37. The molecule has 9 heteroatoms. The second-order valence-corrected chi connectivity index (χ2v) is 8.02. The zero-order valence-electron chi connectivity index (χ0n) is 13.3. The fraction of sp³-hybridized carbons (Fsp3) is 0.235. The van der Waals surface area contributed by atoms with Crippen LogP contribution in [0, 0.1) is 11.3 Å². The minimum absolute atomic E-state index is 0.0423. The molecule has 0 aliphatic rings. The van der Waals surface area contributed by atoms with E-state index in [0.717, 1.165) is 18.2 Å². The lowest BCUT2D eigenvalue weighted by molar-refractivity contribution is -0.139. The van der Waals surface area contributed by atoms with Crippen molar-refractivity contribution in [1.29, 1.82) is 5.26 Å². The van der Waals surface area contributed by atoms with Gasteiger partial charge in [0.2, 0.25) is 10.0 Å². The molecule has 1 unspecified atom stereocenters. The highest BCUT2D eigenvalue weighted by molar-refractivity contribution is 9.10. The van der Waals surface area contributed by atoms with Gasteiger partial charge in [-0.2, -0.15) is 18.4 Å². The fourth-order valence-electron chi connectivity index (χ4n) is 2.41. The monoisotopic (exact) mass is 446 g/mol. The molecule has 4 nitrogen and oxygen atoms in total. The average molecular weight is 447 g/mol. The first-order chi connectivity index (χ1) is 12.1. The van der Waals surface area contributed by atoms with Crippen LogP contribution in [0.1, 0.15) is 30.0 Å². The topological polar surface area (TPSA) is 70.0 Å². The molecule has 0 aliphatic heterocycles. The molecule has 0 radical (unpaired) electrons. The normalized spacial score (nSPS) is 13.2. The fourth-order valence-corrected chi connectivity index (χ4v) is 4.32. The van der Waals surface area contributed by atoms with Gasteiger partial charge in [0.15, 0.2) is 0 Å². The molecule has 0 spiro atoms. The first-order valence-electron chi connectivity index (χ1n) is 7.46. The number of rotatable bonds is 6. The van der Waals surface area contributed by atoms with E-state index in [0.29, 0.717) is 10.0 Å². The summed E-state index contributed by atoms with van der Waals surface area (Å²) >= 11 is 3.27. The van der Waals surface area contributed by atoms with Crippen LogP contribution in [-0.2, 0) is 16.2 Å². The Morgan fingerprint density at radius 1 is 1.15 bits per heavy atom. The largest absolute Gasteiger partial charge is 0.417 e. The third-order valence-electron chi connectivity index (χ3n) is 3.58. The van der Waals surface area contributed by atoms with Gasteiger partial charge < -0.3 is 0 Å². The maximum atomic E-state index is 13.2. The van der Waals surface area contributed by atoms with Crippen molar-refractivity contribution in [2.24, 2.45) is 0 Å². The SMILES string of the molecule is N#CCCC(NS(=O)(=O)c1ccccc1C(F)(F)F)c1cccc(Br)c1. The molecule has 0 amide bonds. The molecule has 0 saturated heterocycles. The summed E-state index contributed by atoms with van der Waals surface area (Å²) in [6.45, 7) is 0. The predicted molar refractivity (Wildman–Crippen MR) is 93.5 cm³/mol. The number of benzene rings is 2. The molecular formula is C17H14BrF3N2O2S. The Morgan fingerprint density at radius 2 is 1.85 bits per heavy atom. The lowest BCUT2D eigenvalue weighted by Crippen LogP contribution is -2.30. The summed E-state index contributed by atoms with van der Waals surface area (Å²) in [6.07, 6.45) is -4.63. The van der Waals surface area contributed by atoms with E-state index in [2.05, 4.69) is 20.7 Å². The van der Waals surface area contributed by atoms with Crippen molar-refractivity contribution >= 4 is 26.0 Å². The standard InChI is InChI=1S/C17H14BrF3N2O2S/c18-13-6-3-5-12(11-13)15(8-4-10-22)23-26(24,25)16-9-2-1-7-14(16)17(19,20)21/h1-3,5-7,9,11,15,23H,4,8H2. The number of nitrogens with zero attached hydrogens (tertiary/aromatic N) is 1. The molecular weight excluding hydrogens is 433 g/mol. The second-order valence-electron chi connectivity index (χ2n) is 5.42. The van der Waals surface area contributed by atoms with Crippen LogP contribution in [-0.4, -0.2) is 8.42 Å². The number of nitriles is 1. The Labute approximate surface area is 157 Å². The van der Waals surface area contributed by atoms with Crippen molar-refractivity contribution in [1.82, 2.24) is 4.72 Å². The molecule has 0 fully saturated rings. The first-order valence-corrected chi connectivity index (χ1v) is 9.74. The van der Waals surface area contributed by atoms with Gasteiger partial charge in [0, 0.05) is 16.9 Å². The quantitative estimate of drug-likeness (QED) is 0.693.